The molecule has 2 saturated heterocycles. The van der Waals surface area contributed by atoms with Crippen LogP contribution in [0, 0.1) is 0 Å². The van der Waals surface area contributed by atoms with Crippen LogP contribution in [-0.4, -0.2) is 59.2 Å². The fourth-order valence-corrected chi connectivity index (χ4v) is 4.70. The minimum Gasteiger partial charge on any atom is -0.373 e. The molecule has 4 heterocycles. The van der Waals surface area contributed by atoms with Crippen molar-refractivity contribution < 1.29 is 9.53 Å². The van der Waals surface area contributed by atoms with Crippen molar-refractivity contribution in [2.75, 3.05) is 36.4 Å². The van der Waals surface area contributed by atoms with Crippen molar-refractivity contribution in [3.8, 4) is 0 Å². The van der Waals surface area contributed by atoms with Gasteiger partial charge in [-0.2, -0.15) is 0 Å². The molecule has 150 valence electrons. The molecule has 2 aliphatic rings. The highest BCUT2D eigenvalue weighted by atomic mass is 32.1. The predicted octanol–water partition coefficient (Wildman–Crippen LogP) is 3.00. The molecule has 2 unspecified atom stereocenters. The first-order valence-electron chi connectivity index (χ1n) is 9.92. The topological polar surface area (TPSA) is 70.6 Å². The summed E-state index contributed by atoms with van der Waals surface area (Å²) < 4.78 is 5.79. The number of hydrogen-bond donors (Lipinski definition) is 1. The molecule has 7 nitrogen and oxygen atoms in total. The Balaban J connectivity index is 1.41. The molecule has 4 rings (SSSR count). The second-order valence-electron chi connectivity index (χ2n) is 7.62. The van der Waals surface area contributed by atoms with Gasteiger partial charge in [-0.25, -0.2) is 9.97 Å². The lowest BCUT2D eigenvalue weighted by atomic mass is 10.2. The summed E-state index contributed by atoms with van der Waals surface area (Å²) in [5.41, 5.74) is 1.59. The summed E-state index contributed by atoms with van der Waals surface area (Å²) in [4.78, 5) is 26.4. The average Bonchev–Trinajstić information content (AvgIpc) is 3.33. The zero-order valence-corrected chi connectivity index (χ0v) is 17.2. The monoisotopic (exact) mass is 401 g/mol. The molecule has 0 aromatic carbocycles. The number of ether oxygens (including phenoxy) is 1. The third-order valence-corrected chi connectivity index (χ3v) is 5.90. The molecule has 2 fully saturated rings. The summed E-state index contributed by atoms with van der Waals surface area (Å²) in [5, 5.41) is 5.60. The Hall–Kier alpha value is -2.03. The number of morpholine rings is 1. The standard InChI is InChI=1S/C20H27N5O2S/c1-14-10-24(11-15(2)27-14)12-16-13-28-20(22-16)23-19(26)17-6-5-7-21-18(17)25-8-3-4-9-25/h5-7,13-15H,3-4,8-12H2,1-2H3,(H,22,23,26). The molecular weight excluding hydrogens is 374 g/mol. The van der Waals surface area contributed by atoms with Crippen molar-refractivity contribution in [2.24, 2.45) is 0 Å². The Morgan fingerprint density at radius 1 is 1.29 bits per heavy atom. The van der Waals surface area contributed by atoms with Gasteiger partial charge in [0.25, 0.3) is 5.91 Å². The molecule has 28 heavy (non-hydrogen) atoms. The van der Waals surface area contributed by atoms with E-state index in [0.717, 1.165) is 57.1 Å². The maximum absolute atomic E-state index is 12.8. The number of pyridine rings is 1. The van der Waals surface area contributed by atoms with E-state index in [1.165, 1.54) is 11.3 Å². The number of nitrogens with zero attached hydrogens (tertiary/aromatic N) is 4. The van der Waals surface area contributed by atoms with Gasteiger partial charge in [0.1, 0.15) is 5.82 Å². The first kappa shape index (κ1) is 19.3. The molecule has 2 aromatic rings. The summed E-state index contributed by atoms with van der Waals surface area (Å²) in [6.45, 7) is 8.68. The maximum atomic E-state index is 12.8. The van der Waals surface area contributed by atoms with Crippen LogP contribution in [0.2, 0.25) is 0 Å². The second-order valence-corrected chi connectivity index (χ2v) is 8.48. The maximum Gasteiger partial charge on any atom is 0.261 e. The zero-order chi connectivity index (χ0) is 19.5. The Labute approximate surface area is 169 Å². The molecule has 0 spiro atoms. The summed E-state index contributed by atoms with van der Waals surface area (Å²) in [5.74, 6) is 0.620. The molecule has 0 radical (unpaired) electrons. The number of nitrogens with one attached hydrogen (secondary N) is 1. The average molecular weight is 402 g/mol. The third kappa shape index (κ3) is 4.51. The minimum absolute atomic E-state index is 0.149. The van der Waals surface area contributed by atoms with Crippen LogP contribution in [0.5, 0.6) is 0 Å². The Morgan fingerprint density at radius 2 is 2.04 bits per heavy atom. The zero-order valence-electron chi connectivity index (χ0n) is 16.4. The molecule has 0 aliphatic carbocycles. The molecule has 0 saturated carbocycles. The van der Waals surface area contributed by atoms with Gasteiger partial charge in [-0.1, -0.05) is 0 Å². The van der Waals surface area contributed by atoms with Gasteiger partial charge in [0, 0.05) is 44.3 Å². The van der Waals surface area contributed by atoms with Crippen LogP contribution < -0.4 is 10.2 Å². The quantitative estimate of drug-likeness (QED) is 0.831. The SMILES string of the molecule is CC1CN(Cc2csc(NC(=O)c3cccnc3N3CCCC3)n2)CC(C)O1. The molecule has 2 atom stereocenters. The highest BCUT2D eigenvalue weighted by molar-refractivity contribution is 7.14. The largest absolute Gasteiger partial charge is 0.373 e. The summed E-state index contributed by atoms with van der Waals surface area (Å²) in [6, 6.07) is 3.64. The number of amides is 1. The molecule has 0 bridgehead atoms. The number of anilines is 2. The fourth-order valence-electron chi connectivity index (χ4n) is 4.00. The first-order valence-corrected chi connectivity index (χ1v) is 10.8. The van der Waals surface area contributed by atoms with Crippen molar-refractivity contribution in [3.63, 3.8) is 0 Å². The number of thiazole rings is 1. The van der Waals surface area contributed by atoms with Gasteiger partial charge in [0.15, 0.2) is 5.13 Å². The van der Waals surface area contributed by atoms with Gasteiger partial charge in [-0.05, 0) is 38.8 Å². The van der Waals surface area contributed by atoms with Gasteiger partial charge < -0.3 is 9.64 Å². The Kier molecular flexibility index (Phi) is 5.89. The smallest absolute Gasteiger partial charge is 0.261 e. The van der Waals surface area contributed by atoms with Crippen molar-refractivity contribution in [2.45, 2.75) is 45.4 Å². The first-order chi connectivity index (χ1) is 13.6. The lowest BCUT2D eigenvalue weighted by Crippen LogP contribution is -2.44. The van der Waals surface area contributed by atoms with E-state index in [1.807, 2.05) is 17.5 Å². The van der Waals surface area contributed by atoms with Crippen molar-refractivity contribution >= 4 is 28.2 Å². The van der Waals surface area contributed by atoms with Gasteiger partial charge in [0.2, 0.25) is 0 Å². The Morgan fingerprint density at radius 3 is 2.79 bits per heavy atom. The molecule has 1 amide bonds. The van der Waals surface area contributed by atoms with E-state index < -0.39 is 0 Å². The molecule has 2 aromatic heterocycles. The number of carbonyl (C=O) groups is 1. The van der Waals surface area contributed by atoms with Gasteiger partial charge in [-0.3, -0.25) is 15.0 Å². The number of carbonyl (C=O) groups excluding carboxylic acids is 1. The van der Waals surface area contributed by atoms with E-state index in [1.54, 1.807) is 6.20 Å². The van der Waals surface area contributed by atoms with E-state index in [4.69, 9.17) is 4.74 Å². The molecule has 2 aliphatic heterocycles. The van der Waals surface area contributed by atoms with E-state index in [2.05, 4.69) is 38.9 Å². The van der Waals surface area contributed by atoms with Crippen molar-refractivity contribution in [3.05, 3.63) is 35.0 Å². The van der Waals surface area contributed by atoms with Crippen LogP contribution >= 0.6 is 11.3 Å². The van der Waals surface area contributed by atoms with E-state index in [-0.39, 0.29) is 18.1 Å². The molecule has 1 N–H and O–H groups in total. The van der Waals surface area contributed by atoms with Crippen LogP contribution in [0.1, 0.15) is 42.7 Å². The summed E-state index contributed by atoms with van der Waals surface area (Å²) in [6.07, 6.45) is 4.50. The van der Waals surface area contributed by atoms with Crippen LogP contribution in [0.15, 0.2) is 23.7 Å². The molecular formula is C20H27N5O2S. The van der Waals surface area contributed by atoms with E-state index in [0.29, 0.717) is 10.7 Å². The van der Waals surface area contributed by atoms with Crippen molar-refractivity contribution in [1.82, 2.24) is 14.9 Å². The van der Waals surface area contributed by atoms with Crippen LogP contribution in [0.3, 0.4) is 0 Å². The lowest BCUT2D eigenvalue weighted by molar-refractivity contribution is -0.0707. The summed E-state index contributed by atoms with van der Waals surface area (Å²) >= 11 is 1.47. The molecule has 8 heteroatoms. The van der Waals surface area contributed by atoms with Crippen LogP contribution in [-0.2, 0) is 11.3 Å². The minimum atomic E-state index is -0.149. The van der Waals surface area contributed by atoms with Crippen molar-refractivity contribution in [1.29, 1.82) is 0 Å². The van der Waals surface area contributed by atoms with Gasteiger partial charge in [-0.15, -0.1) is 11.3 Å². The van der Waals surface area contributed by atoms with Crippen LogP contribution in [0.4, 0.5) is 10.9 Å². The Bertz CT molecular complexity index is 810. The summed E-state index contributed by atoms with van der Waals surface area (Å²) in [7, 11) is 0. The van der Waals surface area contributed by atoms with E-state index >= 15 is 0 Å². The fraction of sp³-hybridized carbons (Fsp3) is 0.550. The third-order valence-electron chi connectivity index (χ3n) is 5.09. The highest BCUT2D eigenvalue weighted by Crippen LogP contribution is 2.24. The highest BCUT2D eigenvalue weighted by Gasteiger charge is 2.24. The number of rotatable bonds is 5. The van der Waals surface area contributed by atoms with Crippen LogP contribution in [0.25, 0.3) is 0 Å². The number of aromatic nitrogens is 2. The van der Waals surface area contributed by atoms with Gasteiger partial charge in [0.05, 0.1) is 23.5 Å². The normalized spacial score (nSPS) is 23.1. The second kappa shape index (κ2) is 8.55. The van der Waals surface area contributed by atoms with E-state index in [9.17, 15) is 4.79 Å². The lowest BCUT2D eigenvalue weighted by Gasteiger charge is -2.34. The number of hydrogen-bond acceptors (Lipinski definition) is 7. The van der Waals surface area contributed by atoms with Gasteiger partial charge >= 0.3 is 0 Å². The predicted molar refractivity (Wildman–Crippen MR) is 111 cm³/mol.